The van der Waals surface area contributed by atoms with Gasteiger partial charge >= 0.3 is 0 Å². The smallest absolute Gasteiger partial charge is 0.0474 e. The summed E-state index contributed by atoms with van der Waals surface area (Å²) in [7, 11) is 2.12. The molecule has 0 aliphatic carbocycles. The lowest BCUT2D eigenvalue weighted by Crippen LogP contribution is -2.20. The maximum absolute atomic E-state index is 5.79. The lowest BCUT2D eigenvalue weighted by atomic mass is 10.1. The topological polar surface area (TPSA) is 3.24 Å². The molecule has 2 aromatic rings. The quantitative estimate of drug-likeness (QED) is 0.731. The molecule has 18 heavy (non-hydrogen) atoms. The molecule has 0 saturated heterocycles. The molecular weight excluding hydrogens is 242 g/mol. The van der Waals surface area contributed by atoms with Crippen molar-refractivity contribution in [3.8, 4) is 0 Å². The molecule has 0 amide bonds. The van der Waals surface area contributed by atoms with Crippen LogP contribution in [0.2, 0.25) is 0 Å². The molecule has 0 unspecified atom stereocenters. The Morgan fingerprint density at radius 2 is 1.56 bits per heavy atom. The third-order valence-corrected chi connectivity index (χ3v) is 3.42. The number of likely N-dealkylation sites (N-methyl/N-ethyl adjacent to an activating group) is 1. The van der Waals surface area contributed by atoms with E-state index in [1.165, 1.54) is 11.3 Å². The van der Waals surface area contributed by atoms with Gasteiger partial charge in [-0.25, -0.2) is 0 Å². The van der Waals surface area contributed by atoms with Crippen molar-refractivity contribution in [1.29, 1.82) is 0 Å². The first-order valence-electron chi connectivity index (χ1n) is 6.19. The number of rotatable bonds is 5. The van der Waals surface area contributed by atoms with E-state index in [1.54, 1.807) is 0 Å². The van der Waals surface area contributed by atoms with Crippen LogP contribution >= 0.6 is 11.6 Å². The maximum Gasteiger partial charge on any atom is 0.0474 e. The molecular formula is C16H18ClN. The number of alkyl halides is 1. The minimum Gasteiger partial charge on any atom is -0.374 e. The Kier molecular flexibility index (Phi) is 4.66. The summed E-state index contributed by atoms with van der Waals surface area (Å²) in [5.74, 6) is 0.577. The summed E-state index contributed by atoms with van der Waals surface area (Å²) in [6.07, 6.45) is 1.06. The third kappa shape index (κ3) is 3.51. The molecule has 0 saturated carbocycles. The number of hydrogen-bond acceptors (Lipinski definition) is 1. The van der Waals surface area contributed by atoms with E-state index in [1.807, 2.05) is 0 Å². The highest BCUT2D eigenvalue weighted by Crippen LogP contribution is 2.15. The molecule has 94 valence electrons. The van der Waals surface area contributed by atoms with Crippen molar-refractivity contribution in [2.75, 3.05) is 18.5 Å². The zero-order chi connectivity index (χ0) is 12.8. The van der Waals surface area contributed by atoms with Gasteiger partial charge in [0.25, 0.3) is 0 Å². The molecule has 0 aliphatic rings. The predicted molar refractivity (Wildman–Crippen MR) is 79.4 cm³/mol. The molecule has 2 heteroatoms. The highest BCUT2D eigenvalue weighted by Gasteiger charge is 2.01. The second-order valence-corrected chi connectivity index (χ2v) is 4.72. The first kappa shape index (κ1) is 13.0. The van der Waals surface area contributed by atoms with Crippen LogP contribution in [0, 0.1) is 0 Å². The second kappa shape index (κ2) is 6.46. The van der Waals surface area contributed by atoms with Crippen molar-refractivity contribution in [2.45, 2.75) is 12.3 Å². The Bertz CT molecular complexity index is 464. The molecule has 0 radical (unpaired) electrons. The average molecular weight is 260 g/mol. The molecule has 2 aromatic carbocycles. The van der Waals surface area contributed by atoms with Crippen LogP contribution in [0.1, 0.15) is 11.1 Å². The highest BCUT2D eigenvalue weighted by atomic mass is 35.5. The van der Waals surface area contributed by atoms with E-state index in [0.717, 1.165) is 18.5 Å². The predicted octanol–water partition coefficient (Wildman–Crippen LogP) is 4.10. The number of halogens is 1. The third-order valence-electron chi connectivity index (χ3n) is 3.11. The molecule has 1 nitrogen and oxygen atoms in total. The van der Waals surface area contributed by atoms with Crippen LogP contribution in [-0.2, 0) is 12.3 Å². The summed E-state index contributed by atoms with van der Waals surface area (Å²) >= 11 is 5.79. The van der Waals surface area contributed by atoms with Crippen molar-refractivity contribution in [3.05, 3.63) is 65.7 Å². The molecule has 0 N–H and O–H groups in total. The summed E-state index contributed by atoms with van der Waals surface area (Å²) in [5.41, 5.74) is 3.78. The van der Waals surface area contributed by atoms with Crippen molar-refractivity contribution in [2.24, 2.45) is 0 Å². The zero-order valence-electron chi connectivity index (χ0n) is 10.6. The SMILES string of the molecule is CN(CCc1ccccc1)c1ccc(CCl)cc1. The van der Waals surface area contributed by atoms with Crippen LogP contribution < -0.4 is 4.90 Å². The molecule has 0 atom stereocenters. The Morgan fingerprint density at radius 3 is 2.17 bits per heavy atom. The van der Waals surface area contributed by atoms with Gasteiger partial charge in [-0.05, 0) is 29.7 Å². The maximum atomic E-state index is 5.79. The van der Waals surface area contributed by atoms with E-state index < -0.39 is 0 Å². The van der Waals surface area contributed by atoms with E-state index >= 15 is 0 Å². The van der Waals surface area contributed by atoms with E-state index in [9.17, 15) is 0 Å². The van der Waals surface area contributed by atoms with Gasteiger partial charge in [-0.1, -0.05) is 42.5 Å². The fourth-order valence-corrected chi connectivity index (χ4v) is 2.09. The fraction of sp³-hybridized carbons (Fsp3) is 0.250. The molecule has 0 aliphatic heterocycles. The van der Waals surface area contributed by atoms with E-state index in [-0.39, 0.29) is 0 Å². The summed E-state index contributed by atoms with van der Waals surface area (Å²) in [4.78, 5) is 2.27. The monoisotopic (exact) mass is 259 g/mol. The van der Waals surface area contributed by atoms with Gasteiger partial charge in [0.1, 0.15) is 0 Å². The highest BCUT2D eigenvalue weighted by molar-refractivity contribution is 6.17. The molecule has 0 heterocycles. The number of hydrogen-bond donors (Lipinski definition) is 0. The molecule has 0 spiro atoms. The van der Waals surface area contributed by atoms with Crippen LogP contribution in [0.3, 0.4) is 0 Å². The number of anilines is 1. The Balaban J connectivity index is 1.93. The van der Waals surface area contributed by atoms with Crippen molar-refractivity contribution < 1.29 is 0 Å². The molecule has 0 aromatic heterocycles. The van der Waals surface area contributed by atoms with Crippen LogP contribution in [0.5, 0.6) is 0 Å². The Hall–Kier alpha value is -1.47. The van der Waals surface area contributed by atoms with Gasteiger partial charge < -0.3 is 4.90 Å². The first-order valence-corrected chi connectivity index (χ1v) is 6.73. The van der Waals surface area contributed by atoms with Gasteiger partial charge in [0.05, 0.1) is 0 Å². The summed E-state index contributed by atoms with van der Waals surface area (Å²) in [6, 6.07) is 19.0. The summed E-state index contributed by atoms with van der Waals surface area (Å²) < 4.78 is 0. The minimum absolute atomic E-state index is 0.577. The van der Waals surface area contributed by atoms with Crippen molar-refractivity contribution in [1.82, 2.24) is 0 Å². The number of nitrogens with zero attached hydrogens (tertiary/aromatic N) is 1. The molecule has 0 bridgehead atoms. The van der Waals surface area contributed by atoms with Gasteiger partial charge in [0, 0.05) is 25.2 Å². The van der Waals surface area contributed by atoms with Crippen LogP contribution in [0.25, 0.3) is 0 Å². The van der Waals surface area contributed by atoms with Gasteiger partial charge in [0.15, 0.2) is 0 Å². The lowest BCUT2D eigenvalue weighted by molar-refractivity contribution is 0.876. The first-order chi connectivity index (χ1) is 8.79. The van der Waals surface area contributed by atoms with Crippen LogP contribution in [-0.4, -0.2) is 13.6 Å². The minimum atomic E-state index is 0.577. The molecule has 2 rings (SSSR count). The van der Waals surface area contributed by atoms with Crippen LogP contribution in [0.15, 0.2) is 54.6 Å². The van der Waals surface area contributed by atoms with E-state index in [4.69, 9.17) is 11.6 Å². The zero-order valence-corrected chi connectivity index (χ0v) is 11.4. The average Bonchev–Trinajstić information content (AvgIpc) is 2.46. The largest absolute Gasteiger partial charge is 0.374 e. The van der Waals surface area contributed by atoms with E-state index in [0.29, 0.717) is 5.88 Å². The molecule has 0 fully saturated rings. The van der Waals surface area contributed by atoms with Gasteiger partial charge in [-0.2, -0.15) is 0 Å². The second-order valence-electron chi connectivity index (χ2n) is 4.46. The normalized spacial score (nSPS) is 10.3. The van der Waals surface area contributed by atoms with Crippen molar-refractivity contribution >= 4 is 17.3 Å². The van der Waals surface area contributed by atoms with Gasteiger partial charge in [-0.15, -0.1) is 11.6 Å². The lowest BCUT2D eigenvalue weighted by Gasteiger charge is -2.19. The fourth-order valence-electron chi connectivity index (χ4n) is 1.91. The standard InChI is InChI=1S/C16H18ClN/c1-18(12-11-14-5-3-2-4-6-14)16-9-7-15(13-17)8-10-16/h2-10H,11-13H2,1H3. The Morgan fingerprint density at radius 1 is 0.889 bits per heavy atom. The summed E-state index contributed by atoms with van der Waals surface area (Å²) in [5, 5.41) is 0. The van der Waals surface area contributed by atoms with Gasteiger partial charge in [-0.3, -0.25) is 0 Å². The van der Waals surface area contributed by atoms with E-state index in [2.05, 4.69) is 66.5 Å². The summed E-state index contributed by atoms with van der Waals surface area (Å²) in [6.45, 7) is 1.02. The van der Waals surface area contributed by atoms with Gasteiger partial charge in [0.2, 0.25) is 0 Å². The number of benzene rings is 2. The Labute approximate surface area is 114 Å². The van der Waals surface area contributed by atoms with Crippen molar-refractivity contribution in [3.63, 3.8) is 0 Å². The van der Waals surface area contributed by atoms with Crippen LogP contribution in [0.4, 0.5) is 5.69 Å².